The molecule has 0 heterocycles. The van der Waals surface area contributed by atoms with E-state index in [9.17, 15) is 9.18 Å². The molecule has 0 saturated heterocycles. The van der Waals surface area contributed by atoms with E-state index in [4.69, 9.17) is 5.26 Å². The summed E-state index contributed by atoms with van der Waals surface area (Å²) >= 11 is 3.19. The first-order chi connectivity index (χ1) is 10.5. The van der Waals surface area contributed by atoms with Gasteiger partial charge in [0, 0.05) is 17.9 Å². The van der Waals surface area contributed by atoms with Crippen molar-refractivity contribution in [1.82, 2.24) is 0 Å². The van der Waals surface area contributed by atoms with Crippen molar-refractivity contribution in [2.75, 3.05) is 11.9 Å². The van der Waals surface area contributed by atoms with E-state index in [0.29, 0.717) is 16.5 Å². The highest BCUT2D eigenvalue weighted by Gasteiger charge is 2.15. The van der Waals surface area contributed by atoms with Crippen molar-refractivity contribution in [2.24, 2.45) is 0 Å². The van der Waals surface area contributed by atoms with Crippen molar-refractivity contribution < 1.29 is 9.18 Å². The molecule has 0 unspecified atom stereocenters. The van der Waals surface area contributed by atoms with Crippen LogP contribution in [-0.4, -0.2) is 13.0 Å². The van der Waals surface area contributed by atoms with Gasteiger partial charge in [-0.05, 0) is 42.3 Å². The SMILES string of the molecule is CN(C(=O)CCc1ccc(C#N)cc1)c1ccc(Br)cc1F. The van der Waals surface area contributed by atoms with E-state index in [1.165, 1.54) is 11.0 Å². The molecule has 2 aromatic carbocycles. The zero-order valence-corrected chi connectivity index (χ0v) is 13.6. The predicted octanol–water partition coefficient (Wildman–Crippen LogP) is 4.06. The number of hydrogen-bond donors (Lipinski definition) is 0. The molecule has 112 valence electrons. The van der Waals surface area contributed by atoms with Gasteiger partial charge in [-0.1, -0.05) is 28.1 Å². The van der Waals surface area contributed by atoms with Gasteiger partial charge < -0.3 is 4.90 Å². The summed E-state index contributed by atoms with van der Waals surface area (Å²) in [6.07, 6.45) is 0.824. The van der Waals surface area contributed by atoms with Crippen molar-refractivity contribution in [3.05, 3.63) is 63.9 Å². The summed E-state index contributed by atoms with van der Waals surface area (Å²) in [6, 6.07) is 13.7. The molecule has 0 atom stereocenters. The zero-order chi connectivity index (χ0) is 16.1. The van der Waals surface area contributed by atoms with Crippen LogP contribution in [-0.2, 0) is 11.2 Å². The highest BCUT2D eigenvalue weighted by molar-refractivity contribution is 9.10. The molecular formula is C17H14BrFN2O. The van der Waals surface area contributed by atoms with E-state index in [1.54, 1.807) is 31.3 Å². The van der Waals surface area contributed by atoms with E-state index in [1.807, 2.05) is 18.2 Å². The molecule has 0 fully saturated rings. The number of carbonyl (C=O) groups is 1. The van der Waals surface area contributed by atoms with Crippen LogP contribution in [0.25, 0.3) is 0 Å². The lowest BCUT2D eigenvalue weighted by atomic mass is 10.1. The summed E-state index contributed by atoms with van der Waals surface area (Å²) in [5.74, 6) is -0.603. The Labute approximate surface area is 137 Å². The first-order valence-electron chi connectivity index (χ1n) is 6.72. The summed E-state index contributed by atoms with van der Waals surface area (Å²) in [5, 5.41) is 8.74. The number of halogens is 2. The van der Waals surface area contributed by atoms with E-state index >= 15 is 0 Å². The zero-order valence-electron chi connectivity index (χ0n) is 12.0. The molecule has 2 aromatic rings. The fourth-order valence-corrected chi connectivity index (χ4v) is 2.39. The van der Waals surface area contributed by atoms with Gasteiger partial charge in [-0.25, -0.2) is 4.39 Å². The minimum absolute atomic E-state index is 0.161. The molecule has 0 saturated carbocycles. The van der Waals surface area contributed by atoms with Crippen LogP contribution in [0.2, 0.25) is 0 Å². The van der Waals surface area contributed by atoms with Gasteiger partial charge in [-0.3, -0.25) is 4.79 Å². The number of amides is 1. The summed E-state index contributed by atoms with van der Waals surface area (Å²) < 4.78 is 14.5. The van der Waals surface area contributed by atoms with Crippen LogP contribution in [0.15, 0.2) is 46.9 Å². The fraction of sp³-hybridized carbons (Fsp3) is 0.176. The maximum Gasteiger partial charge on any atom is 0.227 e. The lowest BCUT2D eigenvalue weighted by Gasteiger charge is -2.18. The second-order valence-corrected chi connectivity index (χ2v) is 5.77. The molecule has 0 aliphatic heterocycles. The Morgan fingerprint density at radius 2 is 1.95 bits per heavy atom. The van der Waals surface area contributed by atoms with Gasteiger partial charge in [0.05, 0.1) is 17.3 Å². The normalized spacial score (nSPS) is 10.1. The van der Waals surface area contributed by atoms with Gasteiger partial charge in [0.15, 0.2) is 0 Å². The molecule has 0 spiro atoms. The van der Waals surface area contributed by atoms with Gasteiger partial charge in [-0.15, -0.1) is 0 Å². The minimum atomic E-state index is -0.441. The van der Waals surface area contributed by atoms with Crippen LogP contribution in [0, 0.1) is 17.1 Å². The Balaban J connectivity index is 2.00. The monoisotopic (exact) mass is 360 g/mol. The van der Waals surface area contributed by atoms with Crippen LogP contribution in [0.4, 0.5) is 10.1 Å². The molecular weight excluding hydrogens is 347 g/mol. The van der Waals surface area contributed by atoms with E-state index in [2.05, 4.69) is 15.9 Å². The van der Waals surface area contributed by atoms with Crippen LogP contribution in [0.1, 0.15) is 17.5 Å². The Hall–Kier alpha value is -2.19. The quantitative estimate of drug-likeness (QED) is 0.825. The number of nitrogens with zero attached hydrogens (tertiary/aromatic N) is 2. The highest BCUT2D eigenvalue weighted by Crippen LogP contribution is 2.23. The van der Waals surface area contributed by atoms with E-state index < -0.39 is 5.82 Å². The Kier molecular flexibility index (Phi) is 5.29. The molecule has 0 N–H and O–H groups in total. The number of aryl methyl sites for hydroxylation is 1. The maximum atomic E-state index is 13.9. The maximum absolute atomic E-state index is 13.9. The molecule has 3 nitrogen and oxygen atoms in total. The van der Waals surface area contributed by atoms with Gasteiger partial charge in [0.25, 0.3) is 0 Å². The van der Waals surface area contributed by atoms with Gasteiger partial charge in [0.1, 0.15) is 5.82 Å². The predicted molar refractivity (Wildman–Crippen MR) is 87.0 cm³/mol. The Morgan fingerprint density at radius 1 is 1.27 bits per heavy atom. The first-order valence-corrected chi connectivity index (χ1v) is 7.51. The average molecular weight is 361 g/mol. The highest BCUT2D eigenvalue weighted by atomic mass is 79.9. The molecule has 0 aliphatic rings. The lowest BCUT2D eigenvalue weighted by molar-refractivity contribution is -0.118. The summed E-state index contributed by atoms with van der Waals surface area (Å²) in [7, 11) is 1.56. The summed E-state index contributed by atoms with van der Waals surface area (Å²) in [6.45, 7) is 0. The van der Waals surface area contributed by atoms with Crippen molar-refractivity contribution in [3.8, 4) is 6.07 Å². The third-order valence-corrected chi connectivity index (χ3v) is 3.85. The molecule has 2 rings (SSSR count). The van der Waals surface area contributed by atoms with Gasteiger partial charge >= 0.3 is 0 Å². The second kappa shape index (κ2) is 7.19. The molecule has 0 aliphatic carbocycles. The molecule has 0 radical (unpaired) electrons. The number of benzene rings is 2. The van der Waals surface area contributed by atoms with Crippen LogP contribution in [0.3, 0.4) is 0 Å². The number of carbonyl (C=O) groups excluding carboxylic acids is 1. The minimum Gasteiger partial charge on any atom is -0.313 e. The number of hydrogen-bond acceptors (Lipinski definition) is 2. The van der Waals surface area contributed by atoms with Crippen LogP contribution < -0.4 is 4.90 Å². The topological polar surface area (TPSA) is 44.1 Å². The lowest BCUT2D eigenvalue weighted by Crippen LogP contribution is -2.27. The van der Waals surface area contributed by atoms with Gasteiger partial charge in [0.2, 0.25) is 5.91 Å². The molecule has 0 bridgehead atoms. The summed E-state index contributed by atoms with van der Waals surface area (Å²) in [5.41, 5.74) is 1.81. The molecule has 1 amide bonds. The average Bonchev–Trinajstić information content (AvgIpc) is 2.52. The molecule has 5 heteroatoms. The van der Waals surface area contributed by atoms with Gasteiger partial charge in [-0.2, -0.15) is 5.26 Å². The van der Waals surface area contributed by atoms with Crippen molar-refractivity contribution >= 4 is 27.5 Å². The third kappa shape index (κ3) is 3.92. The largest absolute Gasteiger partial charge is 0.313 e. The number of anilines is 1. The Bertz CT molecular complexity index is 722. The van der Waals surface area contributed by atoms with Crippen molar-refractivity contribution in [3.63, 3.8) is 0 Å². The standard InChI is InChI=1S/C17H14BrFN2O/c1-21(16-8-7-14(18)10-15(16)19)17(22)9-6-12-2-4-13(11-20)5-3-12/h2-5,7-8,10H,6,9H2,1H3. The van der Waals surface area contributed by atoms with E-state index in [0.717, 1.165) is 5.56 Å². The molecule has 0 aromatic heterocycles. The first kappa shape index (κ1) is 16.2. The van der Waals surface area contributed by atoms with E-state index in [-0.39, 0.29) is 18.0 Å². The van der Waals surface area contributed by atoms with Crippen LogP contribution >= 0.6 is 15.9 Å². The second-order valence-electron chi connectivity index (χ2n) is 4.86. The fourth-order valence-electron chi connectivity index (χ4n) is 2.05. The Morgan fingerprint density at radius 3 is 2.55 bits per heavy atom. The smallest absolute Gasteiger partial charge is 0.227 e. The summed E-state index contributed by atoms with van der Waals surface area (Å²) in [4.78, 5) is 13.5. The number of rotatable bonds is 4. The third-order valence-electron chi connectivity index (χ3n) is 3.36. The number of nitriles is 1. The van der Waals surface area contributed by atoms with Crippen LogP contribution in [0.5, 0.6) is 0 Å². The van der Waals surface area contributed by atoms with Crippen molar-refractivity contribution in [2.45, 2.75) is 12.8 Å². The molecule has 22 heavy (non-hydrogen) atoms. The van der Waals surface area contributed by atoms with Crippen molar-refractivity contribution in [1.29, 1.82) is 5.26 Å².